The van der Waals surface area contributed by atoms with Gasteiger partial charge < -0.3 is 25.7 Å². The number of nitrogens with zero attached hydrogens (tertiary/aromatic N) is 3. The van der Waals surface area contributed by atoms with Crippen molar-refractivity contribution in [1.82, 2.24) is 9.80 Å². The van der Waals surface area contributed by atoms with E-state index < -0.39 is 12.2 Å². The predicted molar refractivity (Wildman–Crippen MR) is 84.1 cm³/mol. The lowest BCUT2D eigenvalue weighted by atomic mass is 10.1. The van der Waals surface area contributed by atoms with Crippen molar-refractivity contribution in [1.29, 1.82) is 0 Å². The molecule has 0 aliphatic carbocycles. The quantitative estimate of drug-likeness (QED) is 0.720. The van der Waals surface area contributed by atoms with Gasteiger partial charge in [-0.1, -0.05) is 13.3 Å². The number of carboxylic acid groups (broad SMARTS) is 1. The van der Waals surface area contributed by atoms with Crippen LogP contribution in [-0.2, 0) is 0 Å². The van der Waals surface area contributed by atoms with Gasteiger partial charge in [-0.3, -0.25) is 0 Å². The van der Waals surface area contributed by atoms with E-state index in [0.717, 1.165) is 29.9 Å². The van der Waals surface area contributed by atoms with Crippen LogP contribution in [-0.4, -0.2) is 65.7 Å². The molecule has 0 aromatic rings. The number of hydrogen-bond acceptors (Lipinski definition) is 5. The number of carbonyl (C=O) groups is 1. The van der Waals surface area contributed by atoms with Crippen molar-refractivity contribution in [2.24, 2.45) is 10.7 Å². The molecule has 0 saturated heterocycles. The van der Waals surface area contributed by atoms with Crippen molar-refractivity contribution in [2.45, 2.75) is 25.9 Å². The molecule has 7 nitrogen and oxygen atoms in total. The molecule has 1 atom stereocenters. The summed E-state index contributed by atoms with van der Waals surface area (Å²) in [5, 5.41) is 17.6. The van der Waals surface area contributed by atoms with Crippen LogP contribution in [0.5, 0.6) is 0 Å². The summed E-state index contributed by atoms with van der Waals surface area (Å²) in [4.78, 5) is 16.6. The van der Waals surface area contributed by atoms with Crippen molar-refractivity contribution in [3.05, 3.63) is 24.0 Å². The Kier molecular flexibility index (Phi) is 8.87. The zero-order valence-corrected chi connectivity index (χ0v) is 13.2. The van der Waals surface area contributed by atoms with Crippen LogP contribution in [0.1, 0.15) is 19.8 Å². The number of amidine groups is 1. The first-order chi connectivity index (χ1) is 9.79. The van der Waals surface area contributed by atoms with Gasteiger partial charge in [0.15, 0.2) is 0 Å². The van der Waals surface area contributed by atoms with Crippen LogP contribution in [0.3, 0.4) is 0 Å². The van der Waals surface area contributed by atoms with Crippen molar-refractivity contribution in [3.63, 3.8) is 0 Å². The topological polar surface area (TPSA) is 102 Å². The lowest BCUT2D eigenvalue weighted by Gasteiger charge is -2.19. The maximum Gasteiger partial charge on any atom is 0.406 e. The molecule has 0 saturated carbocycles. The summed E-state index contributed by atoms with van der Waals surface area (Å²) in [6, 6.07) is 0. The van der Waals surface area contributed by atoms with Gasteiger partial charge in [-0.25, -0.2) is 9.79 Å². The molecule has 1 aliphatic heterocycles. The Hall–Kier alpha value is -2.02. The molecule has 0 aromatic carbocycles. The number of aliphatic hydroxyl groups excluding tert-OH is 1. The summed E-state index contributed by atoms with van der Waals surface area (Å²) in [7, 11) is 4.94. The molecule has 0 bridgehead atoms. The van der Waals surface area contributed by atoms with Crippen LogP contribution in [0, 0.1) is 0 Å². The Morgan fingerprint density at radius 1 is 1.48 bits per heavy atom. The van der Waals surface area contributed by atoms with E-state index in [9.17, 15) is 9.90 Å². The summed E-state index contributed by atoms with van der Waals surface area (Å²) in [6.07, 6.45) is 5.94. The minimum Gasteiger partial charge on any atom is -0.465 e. The van der Waals surface area contributed by atoms with Gasteiger partial charge in [0.1, 0.15) is 11.9 Å². The van der Waals surface area contributed by atoms with Gasteiger partial charge in [0, 0.05) is 45.7 Å². The van der Waals surface area contributed by atoms with Gasteiger partial charge in [-0.2, -0.15) is 0 Å². The van der Waals surface area contributed by atoms with Crippen LogP contribution in [0.15, 0.2) is 29.0 Å². The van der Waals surface area contributed by atoms with E-state index in [4.69, 9.17) is 10.8 Å². The smallest absolute Gasteiger partial charge is 0.406 e. The van der Waals surface area contributed by atoms with E-state index in [0.29, 0.717) is 0 Å². The predicted octanol–water partition coefficient (Wildman–Crippen LogP) is 1.07. The molecular formula is C14H26N4O3. The molecule has 7 heteroatoms. The molecule has 0 radical (unpaired) electrons. The zero-order chi connectivity index (χ0) is 16.4. The van der Waals surface area contributed by atoms with Crippen molar-refractivity contribution in [2.75, 3.05) is 27.7 Å². The summed E-state index contributed by atoms with van der Waals surface area (Å²) >= 11 is 0. The summed E-state index contributed by atoms with van der Waals surface area (Å²) in [6.45, 7) is 3.14. The van der Waals surface area contributed by atoms with Gasteiger partial charge in [-0.05, 0) is 12.5 Å². The summed E-state index contributed by atoms with van der Waals surface area (Å²) in [5.41, 5.74) is 6.33. The van der Waals surface area contributed by atoms with E-state index in [-0.39, 0.29) is 5.84 Å². The van der Waals surface area contributed by atoms with Crippen molar-refractivity contribution < 1.29 is 15.0 Å². The summed E-state index contributed by atoms with van der Waals surface area (Å²) in [5.74, 6) is 0.257. The number of unbranched alkanes of at least 4 members (excludes halogenated alkanes) is 1. The fourth-order valence-electron chi connectivity index (χ4n) is 1.38. The monoisotopic (exact) mass is 298 g/mol. The molecule has 120 valence electrons. The van der Waals surface area contributed by atoms with E-state index in [1.807, 2.05) is 13.2 Å². The molecule has 1 aliphatic rings. The van der Waals surface area contributed by atoms with Gasteiger partial charge in [0.05, 0.1) is 0 Å². The molecule has 0 aromatic heterocycles. The normalized spacial score (nSPS) is 18.6. The maximum absolute atomic E-state index is 9.71. The number of aliphatic hydroxyl groups is 1. The average Bonchev–Trinajstić information content (AvgIpc) is 2.42. The Morgan fingerprint density at radius 2 is 2.05 bits per heavy atom. The minimum absolute atomic E-state index is 0.257. The lowest BCUT2D eigenvalue weighted by molar-refractivity contribution is 0.165. The van der Waals surface area contributed by atoms with Gasteiger partial charge in [0.25, 0.3) is 0 Å². The molecule has 0 fully saturated rings. The largest absolute Gasteiger partial charge is 0.465 e. The Balaban J connectivity index is 0.000000567. The minimum atomic E-state index is -0.907. The van der Waals surface area contributed by atoms with Crippen LogP contribution in [0.2, 0.25) is 0 Å². The number of amides is 1. The number of rotatable bonds is 4. The average molecular weight is 298 g/mol. The van der Waals surface area contributed by atoms with Crippen LogP contribution in [0.25, 0.3) is 0 Å². The first-order valence-electron chi connectivity index (χ1n) is 6.79. The number of nitrogens with two attached hydrogens (primary N) is 1. The van der Waals surface area contributed by atoms with Crippen molar-refractivity contribution >= 4 is 11.9 Å². The third kappa shape index (κ3) is 7.98. The van der Waals surface area contributed by atoms with Crippen LogP contribution < -0.4 is 5.73 Å². The van der Waals surface area contributed by atoms with Gasteiger partial charge in [0.2, 0.25) is 0 Å². The molecular weight excluding hydrogens is 272 g/mol. The number of hydrogen-bond donors (Lipinski definition) is 3. The van der Waals surface area contributed by atoms with E-state index in [1.54, 1.807) is 12.3 Å². The highest BCUT2D eigenvalue weighted by atomic mass is 16.4. The molecule has 1 rings (SSSR count). The van der Waals surface area contributed by atoms with Gasteiger partial charge >= 0.3 is 6.09 Å². The maximum atomic E-state index is 9.71. The van der Waals surface area contributed by atoms with Gasteiger partial charge in [-0.15, -0.1) is 0 Å². The van der Waals surface area contributed by atoms with Crippen LogP contribution >= 0.6 is 0 Å². The standard InChI is InChI=1S/C11H19N3O.C3H7NO2/c1-3-4-7-14(2)8-9-5-6-13-11(12)10(9)15;1-4(2)3(5)6/h5-6,8,10,15H,3-4,7H2,1-2H3,(H2,12,13);1-2H3,(H,5,6). The third-order valence-electron chi connectivity index (χ3n) is 2.70. The molecule has 21 heavy (non-hydrogen) atoms. The molecule has 1 heterocycles. The second-order valence-electron chi connectivity index (χ2n) is 4.91. The number of aliphatic imine (C=N–C) groups is 1. The Labute approximate surface area is 126 Å². The lowest BCUT2D eigenvalue weighted by Crippen LogP contribution is -2.32. The SMILES string of the molecule is CCCCN(C)C=C1C=CN=C(N)C1O.CN(C)C(=O)O. The Morgan fingerprint density at radius 3 is 2.52 bits per heavy atom. The second kappa shape index (κ2) is 9.82. The third-order valence-corrected chi connectivity index (χ3v) is 2.70. The molecule has 0 spiro atoms. The van der Waals surface area contributed by atoms with E-state index in [2.05, 4.69) is 16.8 Å². The highest BCUT2D eigenvalue weighted by Crippen LogP contribution is 2.11. The Bertz CT molecular complexity index is 416. The molecule has 1 amide bonds. The summed E-state index contributed by atoms with van der Waals surface area (Å²) < 4.78 is 0. The van der Waals surface area contributed by atoms with Crippen LogP contribution in [0.4, 0.5) is 4.79 Å². The fraction of sp³-hybridized carbons (Fsp3) is 0.571. The molecule has 1 unspecified atom stereocenters. The first-order valence-corrected chi connectivity index (χ1v) is 6.79. The second-order valence-corrected chi connectivity index (χ2v) is 4.91. The highest BCUT2D eigenvalue weighted by Gasteiger charge is 2.15. The molecule has 4 N–H and O–H groups in total. The van der Waals surface area contributed by atoms with E-state index >= 15 is 0 Å². The highest BCUT2D eigenvalue weighted by molar-refractivity contribution is 5.89. The van der Waals surface area contributed by atoms with E-state index in [1.165, 1.54) is 14.1 Å². The fourth-order valence-corrected chi connectivity index (χ4v) is 1.38. The van der Waals surface area contributed by atoms with Crippen molar-refractivity contribution in [3.8, 4) is 0 Å². The zero-order valence-electron chi connectivity index (χ0n) is 13.2. The first kappa shape index (κ1) is 19.0.